The topological polar surface area (TPSA) is 63.2 Å². The highest BCUT2D eigenvalue weighted by Crippen LogP contribution is 2.28. The molecule has 4 rings (SSSR count). The molecular weight excluding hydrogens is 376 g/mol. The van der Waals surface area contributed by atoms with Crippen molar-refractivity contribution in [1.29, 1.82) is 0 Å². The van der Waals surface area contributed by atoms with Crippen LogP contribution in [0.5, 0.6) is 0 Å². The number of nitrogens with zero attached hydrogens (tertiary/aromatic N) is 4. The second-order valence-corrected chi connectivity index (χ2v) is 9.69. The Labute approximate surface area is 182 Å². The molecule has 0 aromatic carbocycles. The lowest BCUT2D eigenvalue weighted by Gasteiger charge is -2.38. The summed E-state index contributed by atoms with van der Waals surface area (Å²) in [5, 5.41) is 7.15. The van der Waals surface area contributed by atoms with Gasteiger partial charge < -0.3 is 20.4 Å². The van der Waals surface area contributed by atoms with E-state index in [4.69, 9.17) is 0 Å². The minimum Gasteiger partial charge on any atom is -0.355 e. The molecule has 170 valence electrons. The molecule has 0 unspecified atom stereocenters. The summed E-state index contributed by atoms with van der Waals surface area (Å²) < 4.78 is 0. The third kappa shape index (κ3) is 5.67. The lowest BCUT2D eigenvalue weighted by atomic mass is 9.84. The number of hydrogen-bond acceptors (Lipinski definition) is 4. The number of carbonyl (C=O) groups excluding carboxylic acids is 1. The first kappa shape index (κ1) is 21.9. The summed E-state index contributed by atoms with van der Waals surface area (Å²) in [6.45, 7) is 8.12. The molecule has 4 fully saturated rings. The molecule has 0 spiro atoms. The lowest BCUT2D eigenvalue weighted by molar-refractivity contribution is -0.139. The molecule has 0 aromatic rings. The predicted octanol–water partition coefficient (Wildman–Crippen LogP) is 1.50. The Morgan fingerprint density at radius 1 is 0.900 bits per heavy atom. The Bertz CT molecular complexity index is 570. The van der Waals surface area contributed by atoms with Crippen molar-refractivity contribution in [2.24, 2.45) is 10.9 Å². The van der Waals surface area contributed by atoms with Gasteiger partial charge in [0.15, 0.2) is 5.96 Å². The van der Waals surface area contributed by atoms with E-state index in [9.17, 15) is 4.79 Å². The maximum atomic E-state index is 12.4. The van der Waals surface area contributed by atoms with Crippen LogP contribution in [0.4, 0.5) is 0 Å². The van der Waals surface area contributed by atoms with Gasteiger partial charge in [0.1, 0.15) is 0 Å². The van der Waals surface area contributed by atoms with Crippen LogP contribution in [0.3, 0.4) is 0 Å². The molecule has 2 heterocycles. The normalized spacial score (nSPS) is 26.0. The predicted molar refractivity (Wildman–Crippen MR) is 122 cm³/mol. The number of aliphatic imine (C=N–C) groups is 1. The number of hydrogen-bond donors (Lipinski definition) is 2. The Morgan fingerprint density at radius 3 is 2.20 bits per heavy atom. The Hall–Kier alpha value is -1.34. The van der Waals surface area contributed by atoms with Crippen LogP contribution in [0, 0.1) is 5.92 Å². The highest BCUT2D eigenvalue weighted by atomic mass is 16.2. The number of piperazine rings is 1. The van der Waals surface area contributed by atoms with Crippen LogP contribution in [-0.2, 0) is 4.79 Å². The van der Waals surface area contributed by atoms with E-state index < -0.39 is 0 Å². The summed E-state index contributed by atoms with van der Waals surface area (Å²) in [5.41, 5.74) is 0. The average molecular weight is 419 g/mol. The summed E-state index contributed by atoms with van der Waals surface area (Å²) >= 11 is 0. The molecule has 2 aliphatic carbocycles. The summed E-state index contributed by atoms with van der Waals surface area (Å²) in [6, 6.07) is 1.39. The highest BCUT2D eigenvalue weighted by Gasteiger charge is 2.31. The number of nitrogens with one attached hydrogen (secondary N) is 2. The van der Waals surface area contributed by atoms with Gasteiger partial charge in [-0.1, -0.05) is 19.3 Å². The van der Waals surface area contributed by atoms with E-state index >= 15 is 0 Å². The van der Waals surface area contributed by atoms with Gasteiger partial charge in [-0.05, 0) is 38.5 Å². The van der Waals surface area contributed by atoms with Gasteiger partial charge in [0.05, 0.1) is 0 Å². The molecule has 4 aliphatic rings. The molecule has 0 aromatic heterocycles. The Kier molecular flexibility index (Phi) is 7.88. The lowest BCUT2D eigenvalue weighted by Crippen LogP contribution is -2.53. The Morgan fingerprint density at radius 2 is 1.60 bits per heavy atom. The van der Waals surface area contributed by atoms with Gasteiger partial charge in [0.2, 0.25) is 5.91 Å². The minimum atomic E-state index is 0.331. The second kappa shape index (κ2) is 10.8. The van der Waals surface area contributed by atoms with Gasteiger partial charge in [-0.3, -0.25) is 14.7 Å². The van der Waals surface area contributed by atoms with Crippen LogP contribution < -0.4 is 10.6 Å². The summed E-state index contributed by atoms with van der Waals surface area (Å²) in [6.07, 6.45) is 11.5. The number of rotatable bonds is 6. The summed E-state index contributed by atoms with van der Waals surface area (Å²) in [4.78, 5) is 24.1. The fourth-order valence-electron chi connectivity index (χ4n) is 5.50. The highest BCUT2D eigenvalue weighted by molar-refractivity contribution is 5.80. The fourth-order valence-corrected chi connectivity index (χ4v) is 5.50. The SMILES string of the molecule is CN=C(NCCN1CCN(C(=O)C2CCC2)CC1)NC1CCN(C2CCCC2)CC1. The van der Waals surface area contributed by atoms with Crippen LogP contribution in [0.2, 0.25) is 0 Å². The van der Waals surface area contributed by atoms with E-state index in [0.29, 0.717) is 17.9 Å². The van der Waals surface area contributed by atoms with Crippen molar-refractivity contribution < 1.29 is 4.79 Å². The maximum absolute atomic E-state index is 12.4. The minimum absolute atomic E-state index is 0.331. The molecular formula is C23H42N6O. The second-order valence-electron chi connectivity index (χ2n) is 9.69. The van der Waals surface area contributed by atoms with Crippen LogP contribution >= 0.6 is 0 Å². The van der Waals surface area contributed by atoms with Crippen LogP contribution in [0.15, 0.2) is 4.99 Å². The number of carbonyl (C=O) groups is 1. The first-order valence-electron chi connectivity index (χ1n) is 12.5. The third-order valence-electron chi connectivity index (χ3n) is 7.79. The zero-order valence-electron chi connectivity index (χ0n) is 18.9. The van der Waals surface area contributed by atoms with Crippen molar-refractivity contribution in [3.05, 3.63) is 0 Å². The van der Waals surface area contributed by atoms with Gasteiger partial charge >= 0.3 is 0 Å². The maximum Gasteiger partial charge on any atom is 0.225 e. The van der Waals surface area contributed by atoms with E-state index in [2.05, 4.69) is 30.3 Å². The monoisotopic (exact) mass is 418 g/mol. The zero-order valence-corrected chi connectivity index (χ0v) is 18.9. The first-order valence-corrected chi connectivity index (χ1v) is 12.5. The van der Waals surface area contributed by atoms with Crippen LogP contribution in [0.25, 0.3) is 0 Å². The van der Waals surface area contributed by atoms with E-state index in [0.717, 1.165) is 64.1 Å². The molecule has 7 heteroatoms. The van der Waals surface area contributed by atoms with Crippen molar-refractivity contribution in [2.45, 2.75) is 69.9 Å². The molecule has 0 radical (unpaired) electrons. The van der Waals surface area contributed by atoms with E-state index in [1.807, 2.05) is 7.05 Å². The van der Waals surface area contributed by atoms with Crippen molar-refractivity contribution >= 4 is 11.9 Å². The summed E-state index contributed by atoms with van der Waals surface area (Å²) in [5.74, 6) is 1.67. The molecule has 1 amide bonds. The van der Waals surface area contributed by atoms with Gasteiger partial charge in [0.25, 0.3) is 0 Å². The molecule has 0 bridgehead atoms. The van der Waals surface area contributed by atoms with Gasteiger partial charge in [0, 0.05) is 77.4 Å². The molecule has 2 N–H and O–H groups in total. The molecule has 2 saturated heterocycles. The summed E-state index contributed by atoms with van der Waals surface area (Å²) in [7, 11) is 1.87. The van der Waals surface area contributed by atoms with E-state index in [1.165, 1.54) is 58.0 Å². The van der Waals surface area contributed by atoms with Gasteiger partial charge in [-0.2, -0.15) is 0 Å². The molecule has 0 atom stereocenters. The quantitative estimate of drug-likeness (QED) is 0.506. The van der Waals surface area contributed by atoms with E-state index in [1.54, 1.807) is 0 Å². The van der Waals surface area contributed by atoms with Crippen molar-refractivity contribution in [2.75, 3.05) is 59.4 Å². The standard InChI is InChI=1S/C23H42N6O/c1-24-23(26-20-9-12-28(13-10-20)21-7-2-3-8-21)25-11-14-27-15-17-29(18-16-27)22(30)19-5-4-6-19/h19-21H,2-18H2,1H3,(H2,24,25,26). The van der Waals surface area contributed by atoms with Gasteiger partial charge in [-0.25, -0.2) is 0 Å². The van der Waals surface area contributed by atoms with Gasteiger partial charge in [-0.15, -0.1) is 0 Å². The van der Waals surface area contributed by atoms with Crippen molar-refractivity contribution in [1.82, 2.24) is 25.3 Å². The molecule has 2 aliphatic heterocycles. The fraction of sp³-hybridized carbons (Fsp3) is 0.913. The Balaban J connectivity index is 1.09. The average Bonchev–Trinajstić information content (AvgIpc) is 3.27. The third-order valence-corrected chi connectivity index (χ3v) is 7.79. The molecule has 30 heavy (non-hydrogen) atoms. The van der Waals surface area contributed by atoms with Crippen LogP contribution in [-0.4, -0.2) is 98.1 Å². The number of amides is 1. The van der Waals surface area contributed by atoms with Crippen molar-refractivity contribution in [3.63, 3.8) is 0 Å². The number of likely N-dealkylation sites (tertiary alicyclic amines) is 1. The molecule has 2 saturated carbocycles. The smallest absolute Gasteiger partial charge is 0.225 e. The van der Waals surface area contributed by atoms with E-state index in [-0.39, 0.29) is 0 Å². The van der Waals surface area contributed by atoms with Crippen molar-refractivity contribution in [3.8, 4) is 0 Å². The van der Waals surface area contributed by atoms with Crippen LogP contribution in [0.1, 0.15) is 57.8 Å². The first-order chi connectivity index (χ1) is 14.7. The largest absolute Gasteiger partial charge is 0.355 e. The number of piperidine rings is 1. The zero-order chi connectivity index (χ0) is 20.8. The molecule has 7 nitrogen and oxygen atoms in total. The number of guanidine groups is 1.